The number of ether oxygens (including phenoxy) is 2. The number of rotatable bonds is 6. The Labute approximate surface area is 143 Å². The van der Waals surface area contributed by atoms with Gasteiger partial charge in [-0.25, -0.2) is 4.98 Å². The van der Waals surface area contributed by atoms with Gasteiger partial charge in [-0.05, 0) is 37.3 Å². The molecule has 24 heavy (non-hydrogen) atoms. The monoisotopic (exact) mass is 343 g/mol. The minimum Gasteiger partial charge on any atom is -0.497 e. The third kappa shape index (κ3) is 3.41. The molecule has 0 bridgehead atoms. The lowest BCUT2D eigenvalue weighted by molar-refractivity contribution is 0.404. The van der Waals surface area contributed by atoms with Crippen LogP contribution in [0.1, 0.15) is 12.7 Å². The highest BCUT2D eigenvalue weighted by atomic mass is 32.1. The second-order valence-electron chi connectivity index (χ2n) is 4.89. The van der Waals surface area contributed by atoms with Gasteiger partial charge < -0.3 is 13.9 Å². The first-order valence-corrected chi connectivity index (χ1v) is 8.11. The van der Waals surface area contributed by atoms with Gasteiger partial charge in [0.05, 0.1) is 26.2 Å². The third-order valence-corrected chi connectivity index (χ3v) is 4.13. The molecule has 0 spiro atoms. The Bertz CT molecular complexity index is 841. The van der Waals surface area contributed by atoms with Crippen LogP contribution in [0, 0.1) is 0 Å². The topological polar surface area (TPSA) is 68.9 Å². The summed E-state index contributed by atoms with van der Waals surface area (Å²) in [6.07, 6.45) is 1.62. The summed E-state index contributed by atoms with van der Waals surface area (Å²) in [6.45, 7) is 1.87. The summed E-state index contributed by atoms with van der Waals surface area (Å²) in [5.41, 5.74) is 5.36. The Balaban J connectivity index is 1.82. The minimum absolute atomic E-state index is 0.681. The van der Waals surface area contributed by atoms with Gasteiger partial charge >= 0.3 is 0 Å². The minimum atomic E-state index is 0.681. The lowest BCUT2D eigenvalue weighted by Crippen LogP contribution is -1.98. The average molecular weight is 343 g/mol. The van der Waals surface area contributed by atoms with Crippen molar-refractivity contribution in [3.63, 3.8) is 0 Å². The molecule has 0 aliphatic heterocycles. The first kappa shape index (κ1) is 16.1. The van der Waals surface area contributed by atoms with E-state index in [0.29, 0.717) is 10.9 Å². The molecule has 0 amide bonds. The number of hydrogen-bond donors (Lipinski definition) is 1. The summed E-state index contributed by atoms with van der Waals surface area (Å²) in [5, 5.41) is 6.91. The van der Waals surface area contributed by atoms with E-state index in [-0.39, 0.29) is 0 Å². The second kappa shape index (κ2) is 7.18. The average Bonchev–Trinajstić information content (AvgIpc) is 3.30. The van der Waals surface area contributed by atoms with Crippen molar-refractivity contribution in [2.45, 2.75) is 6.92 Å². The normalized spacial score (nSPS) is 11.4. The largest absolute Gasteiger partial charge is 0.497 e. The van der Waals surface area contributed by atoms with E-state index in [0.717, 1.165) is 28.5 Å². The van der Waals surface area contributed by atoms with Crippen molar-refractivity contribution in [1.29, 1.82) is 0 Å². The molecule has 0 saturated heterocycles. The Morgan fingerprint density at radius 2 is 2.12 bits per heavy atom. The zero-order valence-electron chi connectivity index (χ0n) is 13.6. The first-order valence-electron chi connectivity index (χ1n) is 7.23. The number of furan rings is 1. The van der Waals surface area contributed by atoms with Crippen LogP contribution in [0.3, 0.4) is 0 Å². The van der Waals surface area contributed by atoms with Gasteiger partial charge in [-0.3, -0.25) is 5.43 Å². The molecule has 2 heterocycles. The summed E-state index contributed by atoms with van der Waals surface area (Å²) in [7, 11) is 3.26. The van der Waals surface area contributed by atoms with Gasteiger partial charge in [0.25, 0.3) is 0 Å². The number of hydrogen-bond acceptors (Lipinski definition) is 7. The van der Waals surface area contributed by atoms with Gasteiger partial charge in [-0.2, -0.15) is 5.10 Å². The fourth-order valence-electron chi connectivity index (χ4n) is 2.13. The van der Waals surface area contributed by atoms with Crippen LogP contribution in [0.4, 0.5) is 5.13 Å². The maximum Gasteiger partial charge on any atom is 0.203 e. The Kier molecular flexibility index (Phi) is 4.81. The molecule has 3 rings (SSSR count). The molecule has 0 radical (unpaired) electrons. The number of nitrogens with zero attached hydrogens (tertiary/aromatic N) is 2. The number of hydrazone groups is 1. The van der Waals surface area contributed by atoms with Crippen LogP contribution in [-0.4, -0.2) is 24.9 Å². The molecule has 6 nitrogen and oxygen atoms in total. The highest BCUT2D eigenvalue weighted by Gasteiger charge is 2.11. The van der Waals surface area contributed by atoms with Crippen molar-refractivity contribution in [1.82, 2.24) is 4.98 Å². The Morgan fingerprint density at radius 3 is 2.83 bits per heavy atom. The molecule has 0 aliphatic rings. The van der Waals surface area contributed by atoms with Crippen LogP contribution in [0.15, 0.2) is 51.5 Å². The highest BCUT2D eigenvalue weighted by Crippen LogP contribution is 2.35. The van der Waals surface area contributed by atoms with Gasteiger partial charge in [0.1, 0.15) is 23.0 Å². The fourth-order valence-corrected chi connectivity index (χ4v) is 2.79. The van der Waals surface area contributed by atoms with Crippen LogP contribution in [0.2, 0.25) is 0 Å². The van der Waals surface area contributed by atoms with Crippen LogP contribution in [0.5, 0.6) is 11.5 Å². The fraction of sp³-hybridized carbons (Fsp3) is 0.176. The van der Waals surface area contributed by atoms with Gasteiger partial charge in [-0.15, -0.1) is 11.3 Å². The van der Waals surface area contributed by atoms with E-state index in [4.69, 9.17) is 13.9 Å². The molecule has 0 atom stereocenters. The summed E-state index contributed by atoms with van der Waals surface area (Å²) in [6, 6.07) is 9.29. The molecule has 0 unspecified atom stereocenters. The van der Waals surface area contributed by atoms with E-state index in [1.165, 1.54) is 11.3 Å². The molecule has 0 fully saturated rings. The van der Waals surface area contributed by atoms with Gasteiger partial charge in [0.2, 0.25) is 5.13 Å². The summed E-state index contributed by atoms with van der Waals surface area (Å²) in [5.74, 6) is 2.21. The van der Waals surface area contributed by atoms with Crippen molar-refractivity contribution in [2.24, 2.45) is 5.10 Å². The van der Waals surface area contributed by atoms with Crippen LogP contribution in [-0.2, 0) is 0 Å². The smallest absolute Gasteiger partial charge is 0.203 e. The molecule has 124 valence electrons. The van der Waals surface area contributed by atoms with E-state index < -0.39 is 0 Å². The summed E-state index contributed by atoms with van der Waals surface area (Å²) >= 11 is 1.46. The molecule has 1 N–H and O–H groups in total. The van der Waals surface area contributed by atoms with E-state index in [1.807, 2.05) is 42.6 Å². The molecule has 7 heteroatoms. The summed E-state index contributed by atoms with van der Waals surface area (Å²) < 4.78 is 16.0. The zero-order chi connectivity index (χ0) is 16.9. The quantitative estimate of drug-likeness (QED) is 0.535. The molecule has 2 aromatic heterocycles. The Morgan fingerprint density at radius 1 is 1.25 bits per heavy atom. The van der Waals surface area contributed by atoms with Crippen molar-refractivity contribution in [3.8, 4) is 22.8 Å². The SMILES string of the molecule is COc1ccc(OC)c(-c2csc(N/N=C(\C)c3ccco3)n2)c1. The molecule has 0 saturated carbocycles. The highest BCUT2D eigenvalue weighted by molar-refractivity contribution is 7.14. The van der Waals surface area contributed by atoms with E-state index in [1.54, 1.807) is 20.5 Å². The molecule has 1 aromatic carbocycles. The van der Waals surface area contributed by atoms with E-state index in [2.05, 4.69) is 15.5 Å². The van der Waals surface area contributed by atoms with Crippen LogP contribution < -0.4 is 14.9 Å². The van der Waals surface area contributed by atoms with Crippen molar-refractivity contribution in [2.75, 3.05) is 19.6 Å². The first-order chi connectivity index (χ1) is 11.7. The zero-order valence-corrected chi connectivity index (χ0v) is 14.4. The standard InChI is InChI=1S/C17H17N3O3S/c1-11(15-5-4-8-23-15)19-20-17-18-14(10-24-17)13-9-12(21-2)6-7-16(13)22-3/h4-10H,1-3H3,(H,18,20)/b19-11+. The second-order valence-corrected chi connectivity index (χ2v) is 5.75. The Hall–Kier alpha value is -2.80. The third-order valence-electron chi connectivity index (χ3n) is 3.38. The number of anilines is 1. The van der Waals surface area contributed by atoms with Crippen molar-refractivity contribution >= 4 is 22.2 Å². The lowest BCUT2D eigenvalue weighted by Gasteiger charge is -2.08. The van der Waals surface area contributed by atoms with Crippen molar-refractivity contribution in [3.05, 3.63) is 47.7 Å². The van der Waals surface area contributed by atoms with Crippen LogP contribution >= 0.6 is 11.3 Å². The summed E-state index contributed by atoms with van der Waals surface area (Å²) in [4.78, 5) is 4.55. The molecule has 0 aliphatic carbocycles. The number of methoxy groups -OCH3 is 2. The van der Waals surface area contributed by atoms with E-state index in [9.17, 15) is 0 Å². The maximum atomic E-state index is 5.40. The van der Waals surface area contributed by atoms with Gasteiger partial charge in [0, 0.05) is 10.9 Å². The maximum absolute atomic E-state index is 5.40. The number of benzene rings is 1. The van der Waals surface area contributed by atoms with Gasteiger partial charge in [-0.1, -0.05) is 0 Å². The number of thiazole rings is 1. The lowest BCUT2D eigenvalue weighted by atomic mass is 10.1. The molecule has 3 aromatic rings. The number of aromatic nitrogens is 1. The van der Waals surface area contributed by atoms with Gasteiger partial charge in [0.15, 0.2) is 0 Å². The predicted molar refractivity (Wildman–Crippen MR) is 95.2 cm³/mol. The predicted octanol–water partition coefficient (Wildman–Crippen LogP) is 4.26. The molecular weight excluding hydrogens is 326 g/mol. The van der Waals surface area contributed by atoms with Crippen LogP contribution in [0.25, 0.3) is 11.3 Å². The molecular formula is C17H17N3O3S. The number of nitrogens with one attached hydrogen (secondary N) is 1. The van der Waals surface area contributed by atoms with E-state index >= 15 is 0 Å². The van der Waals surface area contributed by atoms with Crippen molar-refractivity contribution < 1.29 is 13.9 Å².